The summed E-state index contributed by atoms with van der Waals surface area (Å²) in [5.74, 6) is 0.0691. The van der Waals surface area contributed by atoms with Crippen LogP contribution in [0.4, 0.5) is 5.69 Å². The van der Waals surface area contributed by atoms with E-state index in [4.69, 9.17) is 0 Å². The Bertz CT molecular complexity index is 437. The van der Waals surface area contributed by atoms with Gasteiger partial charge in [0.05, 0.1) is 0 Å². The topological polar surface area (TPSA) is 49.7 Å². The zero-order valence-corrected chi connectivity index (χ0v) is 9.98. The normalized spacial score (nSPS) is 15.7. The Morgan fingerprint density at radius 3 is 2.53 bits per heavy atom. The van der Waals surface area contributed by atoms with Crippen LogP contribution >= 0.6 is 0 Å². The molecule has 1 amide bonds. The van der Waals surface area contributed by atoms with Gasteiger partial charge in [-0.05, 0) is 55.1 Å². The molecule has 1 aliphatic heterocycles. The van der Waals surface area contributed by atoms with Crippen molar-refractivity contribution >= 4 is 11.6 Å². The highest BCUT2D eigenvalue weighted by atomic mass is 16.3. The first-order valence-electron chi connectivity index (χ1n) is 5.95. The van der Waals surface area contributed by atoms with Crippen molar-refractivity contribution in [1.82, 2.24) is 4.90 Å². The fourth-order valence-corrected chi connectivity index (χ4v) is 2.21. The highest BCUT2D eigenvalue weighted by Crippen LogP contribution is 2.20. The minimum absolute atomic E-state index is 0.0691. The van der Waals surface area contributed by atoms with Gasteiger partial charge in [0, 0.05) is 18.7 Å². The minimum atomic E-state index is 0.0691. The van der Waals surface area contributed by atoms with E-state index < -0.39 is 0 Å². The lowest BCUT2D eigenvalue weighted by atomic mass is 10.0. The van der Waals surface area contributed by atoms with Gasteiger partial charge >= 0.3 is 0 Å². The number of benzene rings is 1. The number of aryl methyl sites for hydroxylation is 1. The van der Waals surface area contributed by atoms with Crippen LogP contribution in [0.25, 0.3) is 0 Å². The molecule has 17 heavy (non-hydrogen) atoms. The summed E-state index contributed by atoms with van der Waals surface area (Å²) in [6, 6.07) is 4.95. The van der Waals surface area contributed by atoms with Crippen LogP contribution in [-0.4, -0.2) is 23.9 Å². The molecular weight excluding hydrogens is 216 g/mol. The van der Waals surface area contributed by atoms with Gasteiger partial charge in [0.15, 0.2) is 0 Å². The van der Waals surface area contributed by atoms with E-state index in [2.05, 4.69) is 5.18 Å². The minimum Gasteiger partial charge on any atom is -0.339 e. The molecule has 2 rings (SSSR count). The third-order valence-electron chi connectivity index (χ3n) is 3.19. The number of hydrogen-bond donors (Lipinski definition) is 0. The van der Waals surface area contributed by atoms with Crippen molar-refractivity contribution in [1.29, 1.82) is 0 Å². The number of nitrogens with zero attached hydrogens (tertiary/aromatic N) is 2. The average Bonchev–Trinajstić information content (AvgIpc) is 2.39. The molecule has 1 aromatic carbocycles. The average molecular weight is 232 g/mol. The predicted molar refractivity (Wildman–Crippen MR) is 66.4 cm³/mol. The van der Waals surface area contributed by atoms with Crippen LogP contribution in [0.15, 0.2) is 23.4 Å². The lowest BCUT2D eigenvalue weighted by Crippen LogP contribution is -2.35. The van der Waals surface area contributed by atoms with Crippen LogP contribution in [0.2, 0.25) is 0 Å². The first-order chi connectivity index (χ1) is 8.22. The summed E-state index contributed by atoms with van der Waals surface area (Å²) in [5.41, 5.74) is 1.87. The second-order valence-electron chi connectivity index (χ2n) is 4.44. The predicted octanol–water partition coefficient (Wildman–Crippen LogP) is 3.02. The van der Waals surface area contributed by atoms with Crippen molar-refractivity contribution in [3.05, 3.63) is 34.2 Å². The monoisotopic (exact) mass is 232 g/mol. The van der Waals surface area contributed by atoms with E-state index in [1.807, 2.05) is 11.8 Å². The quantitative estimate of drug-likeness (QED) is 0.736. The zero-order chi connectivity index (χ0) is 12.3. The number of carbonyl (C=O) groups is 1. The summed E-state index contributed by atoms with van der Waals surface area (Å²) < 4.78 is 0. The SMILES string of the molecule is Cc1cc(N=O)ccc1C(=O)N1CCCCC1. The molecule has 0 bridgehead atoms. The van der Waals surface area contributed by atoms with E-state index in [1.54, 1.807) is 18.2 Å². The molecule has 0 spiro atoms. The first-order valence-corrected chi connectivity index (χ1v) is 5.95. The van der Waals surface area contributed by atoms with Crippen molar-refractivity contribution in [2.45, 2.75) is 26.2 Å². The van der Waals surface area contributed by atoms with E-state index in [9.17, 15) is 9.70 Å². The van der Waals surface area contributed by atoms with Crippen molar-refractivity contribution < 1.29 is 4.79 Å². The summed E-state index contributed by atoms with van der Waals surface area (Å²) >= 11 is 0. The number of piperidine rings is 1. The molecule has 0 aliphatic carbocycles. The van der Waals surface area contributed by atoms with Crippen LogP contribution in [0.3, 0.4) is 0 Å². The molecule has 90 valence electrons. The van der Waals surface area contributed by atoms with Crippen LogP contribution < -0.4 is 0 Å². The third-order valence-corrected chi connectivity index (χ3v) is 3.19. The van der Waals surface area contributed by atoms with Crippen molar-refractivity contribution in [3.63, 3.8) is 0 Å². The van der Waals surface area contributed by atoms with E-state index in [0.717, 1.165) is 31.5 Å². The molecule has 1 aliphatic rings. The summed E-state index contributed by atoms with van der Waals surface area (Å²) in [6.07, 6.45) is 3.37. The Morgan fingerprint density at radius 1 is 1.24 bits per heavy atom. The maximum atomic E-state index is 12.2. The van der Waals surface area contributed by atoms with Gasteiger partial charge in [0.25, 0.3) is 5.91 Å². The highest BCUT2D eigenvalue weighted by Gasteiger charge is 2.19. The third kappa shape index (κ3) is 2.52. The lowest BCUT2D eigenvalue weighted by Gasteiger charge is -2.27. The van der Waals surface area contributed by atoms with Gasteiger partial charge < -0.3 is 4.90 Å². The van der Waals surface area contributed by atoms with E-state index in [1.165, 1.54) is 6.42 Å². The van der Waals surface area contributed by atoms with E-state index >= 15 is 0 Å². The lowest BCUT2D eigenvalue weighted by molar-refractivity contribution is 0.0723. The van der Waals surface area contributed by atoms with E-state index in [-0.39, 0.29) is 5.91 Å². The molecule has 0 atom stereocenters. The Morgan fingerprint density at radius 2 is 1.94 bits per heavy atom. The molecule has 1 aromatic rings. The Labute approximate surface area is 101 Å². The maximum absolute atomic E-state index is 12.2. The summed E-state index contributed by atoms with van der Waals surface area (Å²) in [5, 5.41) is 2.87. The van der Waals surface area contributed by atoms with Gasteiger partial charge in [0.1, 0.15) is 5.69 Å². The molecule has 1 fully saturated rings. The largest absolute Gasteiger partial charge is 0.339 e. The fourth-order valence-electron chi connectivity index (χ4n) is 2.21. The highest BCUT2D eigenvalue weighted by molar-refractivity contribution is 5.96. The molecule has 0 aromatic heterocycles. The molecule has 0 N–H and O–H groups in total. The summed E-state index contributed by atoms with van der Waals surface area (Å²) in [7, 11) is 0. The zero-order valence-electron chi connectivity index (χ0n) is 9.98. The van der Waals surface area contributed by atoms with Crippen molar-refractivity contribution in [2.75, 3.05) is 13.1 Å². The van der Waals surface area contributed by atoms with Gasteiger partial charge in [-0.2, -0.15) is 0 Å². The number of nitroso groups, excluding NO2 is 1. The molecule has 1 heterocycles. The van der Waals surface area contributed by atoms with Gasteiger partial charge in [-0.15, -0.1) is 4.91 Å². The fraction of sp³-hybridized carbons (Fsp3) is 0.462. The first kappa shape index (κ1) is 11.8. The molecule has 0 saturated carbocycles. The number of hydrogen-bond acceptors (Lipinski definition) is 3. The van der Waals surface area contributed by atoms with Gasteiger partial charge in [-0.25, -0.2) is 0 Å². The molecule has 0 unspecified atom stereocenters. The summed E-state index contributed by atoms with van der Waals surface area (Å²) in [4.78, 5) is 24.5. The van der Waals surface area contributed by atoms with Crippen LogP contribution in [0.5, 0.6) is 0 Å². The van der Waals surface area contributed by atoms with Crippen molar-refractivity contribution in [3.8, 4) is 0 Å². The van der Waals surface area contributed by atoms with Crippen LogP contribution in [0.1, 0.15) is 35.2 Å². The van der Waals surface area contributed by atoms with Crippen molar-refractivity contribution in [2.24, 2.45) is 5.18 Å². The molecule has 4 heteroatoms. The van der Waals surface area contributed by atoms with Gasteiger partial charge in [0.2, 0.25) is 0 Å². The molecular formula is C13H16N2O2. The van der Waals surface area contributed by atoms with Crippen LogP contribution in [0, 0.1) is 11.8 Å². The number of carbonyl (C=O) groups excluding carboxylic acids is 1. The summed E-state index contributed by atoms with van der Waals surface area (Å²) in [6.45, 7) is 3.52. The maximum Gasteiger partial charge on any atom is 0.254 e. The van der Waals surface area contributed by atoms with Crippen LogP contribution in [-0.2, 0) is 0 Å². The standard InChI is InChI=1S/C13H16N2O2/c1-10-9-11(14-17)5-6-12(10)13(16)15-7-3-2-4-8-15/h5-6,9H,2-4,7-8H2,1H3. The number of likely N-dealkylation sites (tertiary alicyclic amines) is 1. The molecule has 1 saturated heterocycles. The smallest absolute Gasteiger partial charge is 0.254 e. The van der Waals surface area contributed by atoms with E-state index in [0.29, 0.717) is 11.3 Å². The van der Waals surface area contributed by atoms with Gasteiger partial charge in [-0.1, -0.05) is 0 Å². The second kappa shape index (κ2) is 5.08. The number of amides is 1. The molecule has 4 nitrogen and oxygen atoms in total. The van der Waals surface area contributed by atoms with Gasteiger partial charge in [-0.3, -0.25) is 4.79 Å². The Kier molecular flexibility index (Phi) is 3.52. The Balaban J connectivity index is 2.21. The molecule has 0 radical (unpaired) electrons. The number of rotatable bonds is 2. The Hall–Kier alpha value is -1.71. The second-order valence-corrected chi connectivity index (χ2v) is 4.44.